The van der Waals surface area contributed by atoms with Crippen LogP contribution in [0, 0.1) is 0 Å². The van der Waals surface area contributed by atoms with E-state index in [1.165, 1.54) is 148 Å². The molecule has 0 aromatic carbocycles. The SMILES string of the molecule is CCCCCCCCCCCCCCCCN(CCCCCCCC)CCNNC. The zero-order valence-corrected chi connectivity index (χ0v) is 21.4. The highest BCUT2D eigenvalue weighted by Crippen LogP contribution is 2.13. The number of rotatable bonds is 26. The molecule has 0 amide bonds. The Balaban J connectivity index is 3.51. The summed E-state index contributed by atoms with van der Waals surface area (Å²) in [7, 11) is 1.96. The lowest BCUT2D eigenvalue weighted by molar-refractivity contribution is 0.257. The van der Waals surface area contributed by atoms with Crippen molar-refractivity contribution in [2.24, 2.45) is 0 Å². The summed E-state index contributed by atoms with van der Waals surface area (Å²) in [4.78, 5) is 2.69. The summed E-state index contributed by atoms with van der Waals surface area (Å²) < 4.78 is 0. The molecule has 0 aliphatic rings. The first-order valence-corrected chi connectivity index (χ1v) is 14.0. The molecule has 3 heteroatoms. The molecule has 0 spiro atoms. The molecule has 0 heterocycles. The largest absolute Gasteiger partial charge is 0.302 e. The second-order valence-corrected chi connectivity index (χ2v) is 9.38. The van der Waals surface area contributed by atoms with Gasteiger partial charge >= 0.3 is 0 Å². The average Bonchev–Trinajstić information content (AvgIpc) is 2.76. The number of hydrazine groups is 1. The van der Waals surface area contributed by atoms with Crippen molar-refractivity contribution in [3.63, 3.8) is 0 Å². The summed E-state index contributed by atoms with van der Waals surface area (Å²) in [6.07, 6.45) is 28.6. The molecule has 0 aromatic heterocycles. The van der Waals surface area contributed by atoms with E-state index in [2.05, 4.69) is 29.6 Å². The first-order valence-electron chi connectivity index (χ1n) is 14.0. The van der Waals surface area contributed by atoms with Crippen molar-refractivity contribution in [3.05, 3.63) is 0 Å². The minimum absolute atomic E-state index is 1.05. The predicted molar refractivity (Wildman–Crippen MR) is 137 cm³/mol. The Morgan fingerprint density at radius 3 is 1.10 bits per heavy atom. The van der Waals surface area contributed by atoms with Crippen molar-refractivity contribution in [2.45, 2.75) is 142 Å². The molecule has 0 aliphatic carbocycles. The van der Waals surface area contributed by atoms with Crippen LogP contribution >= 0.6 is 0 Å². The number of nitrogens with zero attached hydrogens (tertiary/aromatic N) is 1. The van der Waals surface area contributed by atoms with Gasteiger partial charge < -0.3 is 4.90 Å². The molecule has 0 fully saturated rings. The van der Waals surface area contributed by atoms with Gasteiger partial charge in [-0.3, -0.25) is 10.9 Å². The van der Waals surface area contributed by atoms with E-state index in [9.17, 15) is 0 Å². The zero-order valence-electron chi connectivity index (χ0n) is 21.4. The van der Waals surface area contributed by atoms with Crippen LogP contribution in [0.5, 0.6) is 0 Å². The average molecular weight is 426 g/mol. The summed E-state index contributed by atoms with van der Waals surface area (Å²) in [5.41, 5.74) is 6.31. The highest BCUT2D eigenvalue weighted by molar-refractivity contribution is 4.61. The highest BCUT2D eigenvalue weighted by atomic mass is 15.3. The Morgan fingerprint density at radius 1 is 0.433 bits per heavy atom. The molecule has 182 valence electrons. The van der Waals surface area contributed by atoms with Gasteiger partial charge in [-0.2, -0.15) is 0 Å². The van der Waals surface area contributed by atoms with Crippen LogP contribution < -0.4 is 10.9 Å². The van der Waals surface area contributed by atoms with E-state index in [1.807, 2.05) is 7.05 Å². The summed E-state index contributed by atoms with van der Waals surface area (Å²) >= 11 is 0. The topological polar surface area (TPSA) is 27.3 Å². The van der Waals surface area contributed by atoms with Gasteiger partial charge in [0.15, 0.2) is 0 Å². The lowest BCUT2D eigenvalue weighted by Crippen LogP contribution is -2.38. The first kappa shape index (κ1) is 29.9. The molecular formula is C27H59N3. The van der Waals surface area contributed by atoms with Crippen LogP contribution in [-0.4, -0.2) is 38.1 Å². The number of hydrogen-bond acceptors (Lipinski definition) is 3. The zero-order chi connectivity index (χ0) is 22.0. The predicted octanol–water partition coefficient (Wildman–Crippen LogP) is 7.85. The molecule has 0 aromatic rings. The van der Waals surface area contributed by atoms with E-state index in [-0.39, 0.29) is 0 Å². The van der Waals surface area contributed by atoms with E-state index >= 15 is 0 Å². The van der Waals surface area contributed by atoms with Gasteiger partial charge in [0.1, 0.15) is 0 Å². The minimum Gasteiger partial charge on any atom is -0.302 e. The van der Waals surface area contributed by atoms with Crippen molar-refractivity contribution < 1.29 is 0 Å². The van der Waals surface area contributed by atoms with E-state index in [0.717, 1.165) is 6.54 Å². The summed E-state index contributed by atoms with van der Waals surface area (Å²) in [5, 5.41) is 0. The molecule has 3 nitrogen and oxygen atoms in total. The maximum atomic E-state index is 3.26. The van der Waals surface area contributed by atoms with Crippen LogP contribution in [0.3, 0.4) is 0 Å². The van der Waals surface area contributed by atoms with Gasteiger partial charge in [0.25, 0.3) is 0 Å². The molecule has 0 saturated heterocycles. The van der Waals surface area contributed by atoms with E-state index in [4.69, 9.17) is 0 Å². The Bertz CT molecular complexity index is 296. The van der Waals surface area contributed by atoms with Crippen LogP contribution in [0.4, 0.5) is 0 Å². The van der Waals surface area contributed by atoms with Crippen LogP contribution in [0.2, 0.25) is 0 Å². The highest BCUT2D eigenvalue weighted by Gasteiger charge is 2.04. The lowest BCUT2D eigenvalue weighted by atomic mass is 10.0. The van der Waals surface area contributed by atoms with E-state index < -0.39 is 0 Å². The third-order valence-electron chi connectivity index (χ3n) is 6.39. The molecule has 0 saturated carbocycles. The van der Waals surface area contributed by atoms with Crippen molar-refractivity contribution in [1.29, 1.82) is 0 Å². The van der Waals surface area contributed by atoms with Gasteiger partial charge in [0, 0.05) is 13.1 Å². The smallest absolute Gasteiger partial charge is 0.0228 e. The van der Waals surface area contributed by atoms with Crippen molar-refractivity contribution in [2.75, 3.05) is 33.2 Å². The van der Waals surface area contributed by atoms with Crippen LogP contribution in [0.15, 0.2) is 0 Å². The molecule has 0 aliphatic heterocycles. The van der Waals surface area contributed by atoms with Crippen molar-refractivity contribution in [3.8, 4) is 0 Å². The summed E-state index contributed by atoms with van der Waals surface area (Å²) in [6, 6.07) is 0. The maximum Gasteiger partial charge on any atom is 0.0228 e. The molecule has 0 bridgehead atoms. The Kier molecular flexibility index (Phi) is 26.8. The van der Waals surface area contributed by atoms with Gasteiger partial charge in [-0.25, -0.2) is 0 Å². The molecule has 2 N–H and O–H groups in total. The van der Waals surface area contributed by atoms with Crippen molar-refractivity contribution >= 4 is 0 Å². The first-order chi connectivity index (χ1) is 14.8. The quantitative estimate of drug-likeness (QED) is 0.109. The van der Waals surface area contributed by atoms with E-state index in [1.54, 1.807) is 0 Å². The monoisotopic (exact) mass is 425 g/mol. The van der Waals surface area contributed by atoms with Gasteiger partial charge in [-0.1, -0.05) is 129 Å². The van der Waals surface area contributed by atoms with Crippen molar-refractivity contribution in [1.82, 2.24) is 15.8 Å². The normalized spacial score (nSPS) is 11.6. The Labute approximate surface area is 191 Å². The van der Waals surface area contributed by atoms with Gasteiger partial charge in [-0.05, 0) is 33.0 Å². The number of hydrogen-bond donors (Lipinski definition) is 2. The number of unbranched alkanes of at least 4 members (excludes halogenated alkanes) is 18. The molecule has 0 radical (unpaired) electrons. The molecule has 0 unspecified atom stereocenters. The molecule has 0 rings (SSSR count). The standard InChI is InChI=1S/C27H59N3/c1-4-6-8-10-12-13-14-15-16-17-18-19-21-23-26-30(27-24-29-28-3)25-22-20-11-9-7-5-2/h28-29H,4-27H2,1-3H3. The molecule has 30 heavy (non-hydrogen) atoms. The lowest BCUT2D eigenvalue weighted by Gasteiger charge is -2.22. The summed E-state index contributed by atoms with van der Waals surface area (Å²) in [6.45, 7) is 9.40. The Morgan fingerprint density at radius 2 is 0.767 bits per heavy atom. The molecule has 0 atom stereocenters. The molecular weight excluding hydrogens is 366 g/mol. The second kappa shape index (κ2) is 26.9. The number of nitrogens with one attached hydrogen (secondary N) is 2. The van der Waals surface area contributed by atoms with Crippen LogP contribution in [0.25, 0.3) is 0 Å². The van der Waals surface area contributed by atoms with Gasteiger partial charge in [0.2, 0.25) is 0 Å². The van der Waals surface area contributed by atoms with E-state index in [0.29, 0.717) is 0 Å². The van der Waals surface area contributed by atoms with Gasteiger partial charge in [-0.15, -0.1) is 0 Å². The second-order valence-electron chi connectivity index (χ2n) is 9.38. The fourth-order valence-electron chi connectivity index (χ4n) is 4.32. The van der Waals surface area contributed by atoms with Crippen LogP contribution in [0.1, 0.15) is 142 Å². The third kappa shape index (κ3) is 24.2. The minimum atomic E-state index is 1.05. The third-order valence-corrected chi connectivity index (χ3v) is 6.39. The Hall–Kier alpha value is -0.120. The fraction of sp³-hybridized carbons (Fsp3) is 1.00. The maximum absolute atomic E-state index is 3.26. The summed E-state index contributed by atoms with van der Waals surface area (Å²) in [5.74, 6) is 0. The van der Waals surface area contributed by atoms with Crippen LogP contribution in [-0.2, 0) is 0 Å². The fourth-order valence-corrected chi connectivity index (χ4v) is 4.32. The van der Waals surface area contributed by atoms with Gasteiger partial charge in [0.05, 0.1) is 0 Å².